The summed E-state index contributed by atoms with van der Waals surface area (Å²) in [4.78, 5) is 41.1. The molecule has 7 nitrogen and oxygen atoms in total. The fraction of sp³-hybridized carbons (Fsp3) is 0.480. The first kappa shape index (κ1) is 22.1. The van der Waals surface area contributed by atoms with E-state index in [2.05, 4.69) is 10.6 Å². The number of nitrogens with one attached hydrogen (secondary N) is 2. The van der Waals surface area contributed by atoms with E-state index in [-0.39, 0.29) is 24.3 Å². The van der Waals surface area contributed by atoms with E-state index in [4.69, 9.17) is 4.42 Å². The van der Waals surface area contributed by atoms with Crippen molar-refractivity contribution in [2.24, 2.45) is 0 Å². The molecular weight excluding hydrogens is 406 g/mol. The van der Waals surface area contributed by atoms with Gasteiger partial charge in [0.15, 0.2) is 0 Å². The molecule has 7 heteroatoms. The Labute approximate surface area is 188 Å². The molecule has 2 aromatic rings. The van der Waals surface area contributed by atoms with E-state index in [1.807, 2.05) is 38.1 Å². The topological polar surface area (TPSA) is 91.7 Å². The molecule has 170 valence electrons. The van der Waals surface area contributed by atoms with Crippen molar-refractivity contribution in [1.29, 1.82) is 0 Å². The number of rotatable bonds is 6. The van der Waals surface area contributed by atoms with Gasteiger partial charge in [-0.15, -0.1) is 0 Å². The molecule has 1 unspecified atom stereocenters. The molecular formula is C25H31N3O4. The van der Waals surface area contributed by atoms with E-state index >= 15 is 0 Å². The summed E-state index contributed by atoms with van der Waals surface area (Å²) >= 11 is 0. The molecule has 32 heavy (non-hydrogen) atoms. The molecule has 0 radical (unpaired) electrons. The number of hydrogen-bond acceptors (Lipinski definition) is 4. The number of para-hydroxylation sites is 1. The van der Waals surface area contributed by atoms with Crippen LogP contribution in [0.4, 0.5) is 5.69 Å². The summed E-state index contributed by atoms with van der Waals surface area (Å²) in [6.07, 6.45) is 6.25. The van der Waals surface area contributed by atoms with Crippen LogP contribution in [0.5, 0.6) is 0 Å². The van der Waals surface area contributed by atoms with E-state index in [0.29, 0.717) is 31.4 Å². The number of nitrogens with zero attached hydrogens (tertiary/aromatic N) is 1. The molecule has 0 spiro atoms. The van der Waals surface area contributed by atoms with Crippen LogP contribution < -0.4 is 10.6 Å². The van der Waals surface area contributed by atoms with Crippen LogP contribution in [0.15, 0.2) is 41.0 Å². The van der Waals surface area contributed by atoms with Crippen molar-refractivity contribution < 1.29 is 18.8 Å². The Morgan fingerprint density at radius 1 is 1.12 bits per heavy atom. The minimum Gasteiger partial charge on any atom is -0.467 e. The lowest BCUT2D eigenvalue weighted by atomic mass is 9.78. The van der Waals surface area contributed by atoms with E-state index in [0.717, 1.165) is 36.1 Å². The third-order valence-electron chi connectivity index (χ3n) is 6.79. The van der Waals surface area contributed by atoms with Gasteiger partial charge in [-0.1, -0.05) is 37.5 Å². The molecule has 3 amide bonds. The van der Waals surface area contributed by atoms with E-state index < -0.39 is 11.6 Å². The van der Waals surface area contributed by atoms with Crippen molar-refractivity contribution in [3.63, 3.8) is 0 Å². The van der Waals surface area contributed by atoms with Crippen LogP contribution in [0.3, 0.4) is 0 Å². The number of carbonyl (C=O) groups is 3. The Balaban J connectivity index is 1.71. The normalized spacial score (nSPS) is 19.9. The minimum atomic E-state index is -0.996. The number of anilines is 1. The molecule has 4 rings (SSSR count). The van der Waals surface area contributed by atoms with Crippen LogP contribution in [0.1, 0.15) is 61.8 Å². The first-order valence-corrected chi connectivity index (χ1v) is 11.4. The fourth-order valence-corrected chi connectivity index (χ4v) is 4.98. The van der Waals surface area contributed by atoms with Gasteiger partial charge < -0.3 is 20.0 Å². The van der Waals surface area contributed by atoms with Crippen LogP contribution in [-0.4, -0.2) is 34.2 Å². The van der Waals surface area contributed by atoms with Gasteiger partial charge in [0.05, 0.1) is 12.8 Å². The Hall–Kier alpha value is -3.09. The second-order valence-corrected chi connectivity index (χ2v) is 8.98. The van der Waals surface area contributed by atoms with Crippen LogP contribution in [0.2, 0.25) is 0 Å². The first-order valence-electron chi connectivity index (χ1n) is 11.4. The second-order valence-electron chi connectivity index (χ2n) is 8.98. The Bertz CT molecular complexity index is 972. The standard InChI is InChI=1S/C25H31N3O4/c1-17-8-6-9-18(2)22(17)27-24(31)25(13-4-3-5-14-25)28(16-19-10-7-15-32-19)23(30)20-11-12-21(29)26-20/h6-10,15,20H,3-5,11-14,16H2,1-2H3,(H,26,29)(H,27,31). The van der Waals surface area contributed by atoms with Crippen molar-refractivity contribution in [3.8, 4) is 0 Å². The van der Waals surface area contributed by atoms with E-state index in [1.54, 1.807) is 17.2 Å². The molecule has 0 bridgehead atoms. The zero-order valence-electron chi connectivity index (χ0n) is 18.8. The predicted molar refractivity (Wildman–Crippen MR) is 121 cm³/mol. The van der Waals surface area contributed by atoms with Gasteiger partial charge in [-0.3, -0.25) is 14.4 Å². The third-order valence-corrected chi connectivity index (χ3v) is 6.79. The summed E-state index contributed by atoms with van der Waals surface area (Å²) in [6, 6.07) is 8.88. The number of benzene rings is 1. The SMILES string of the molecule is Cc1cccc(C)c1NC(=O)C1(N(Cc2ccco2)C(=O)C2CCC(=O)N2)CCCCC1. The minimum absolute atomic E-state index is 0.126. The number of amides is 3. The molecule has 1 saturated carbocycles. The van der Waals surface area contributed by atoms with Gasteiger partial charge >= 0.3 is 0 Å². The predicted octanol–water partition coefficient (Wildman–Crippen LogP) is 3.85. The van der Waals surface area contributed by atoms with Crippen molar-refractivity contribution >= 4 is 23.4 Å². The molecule has 2 aliphatic rings. The van der Waals surface area contributed by atoms with Gasteiger partial charge in [0.2, 0.25) is 17.7 Å². The number of furan rings is 1. The smallest absolute Gasteiger partial charge is 0.250 e. The summed E-state index contributed by atoms with van der Waals surface area (Å²) in [7, 11) is 0. The lowest BCUT2D eigenvalue weighted by Crippen LogP contribution is -2.62. The molecule has 2 heterocycles. The number of carbonyl (C=O) groups excluding carboxylic acids is 3. The highest BCUT2D eigenvalue weighted by molar-refractivity contribution is 6.02. The quantitative estimate of drug-likeness (QED) is 0.718. The highest BCUT2D eigenvalue weighted by Gasteiger charge is 2.49. The summed E-state index contributed by atoms with van der Waals surface area (Å²) < 4.78 is 5.56. The van der Waals surface area contributed by atoms with Gasteiger partial charge in [0.1, 0.15) is 17.3 Å². The zero-order valence-corrected chi connectivity index (χ0v) is 18.8. The van der Waals surface area contributed by atoms with Gasteiger partial charge in [-0.2, -0.15) is 0 Å². The fourth-order valence-electron chi connectivity index (χ4n) is 4.98. The average molecular weight is 438 g/mol. The molecule has 2 fully saturated rings. The van der Waals surface area contributed by atoms with Crippen LogP contribution in [0.25, 0.3) is 0 Å². The summed E-state index contributed by atoms with van der Waals surface area (Å²) in [5, 5.41) is 5.94. The van der Waals surface area contributed by atoms with E-state index in [1.165, 1.54) is 0 Å². The third kappa shape index (κ3) is 4.29. The molecule has 1 atom stereocenters. The van der Waals surface area contributed by atoms with Gasteiger partial charge in [0.25, 0.3) is 0 Å². The highest BCUT2D eigenvalue weighted by Crippen LogP contribution is 2.38. The van der Waals surface area contributed by atoms with Gasteiger partial charge in [-0.05, 0) is 56.4 Å². The summed E-state index contributed by atoms with van der Waals surface area (Å²) in [6.45, 7) is 4.13. The molecule has 2 N–H and O–H groups in total. The number of aryl methyl sites for hydroxylation is 2. The van der Waals surface area contributed by atoms with Crippen LogP contribution in [-0.2, 0) is 20.9 Å². The largest absolute Gasteiger partial charge is 0.467 e. The number of hydrogen-bond donors (Lipinski definition) is 2. The van der Waals surface area contributed by atoms with Gasteiger partial charge in [-0.25, -0.2) is 0 Å². The van der Waals surface area contributed by atoms with Gasteiger partial charge in [0, 0.05) is 12.1 Å². The molecule has 1 aliphatic heterocycles. The maximum atomic E-state index is 13.9. The van der Waals surface area contributed by atoms with Crippen molar-refractivity contribution in [1.82, 2.24) is 10.2 Å². The highest BCUT2D eigenvalue weighted by atomic mass is 16.3. The molecule has 1 aliphatic carbocycles. The zero-order chi connectivity index (χ0) is 22.7. The van der Waals surface area contributed by atoms with Crippen molar-refractivity contribution in [2.75, 3.05) is 5.32 Å². The summed E-state index contributed by atoms with van der Waals surface area (Å²) in [5.41, 5.74) is 1.76. The van der Waals surface area contributed by atoms with Crippen molar-refractivity contribution in [3.05, 3.63) is 53.5 Å². The second kappa shape index (κ2) is 9.18. The molecule has 1 aromatic heterocycles. The average Bonchev–Trinajstić information content (AvgIpc) is 3.46. The summed E-state index contributed by atoms with van der Waals surface area (Å²) in [5.74, 6) is 0.108. The first-order chi connectivity index (χ1) is 15.4. The Kier molecular flexibility index (Phi) is 6.35. The lowest BCUT2D eigenvalue weighted by Gasteiger charge is -2.45. The maximum absolute atomic E-state index is 13.9. The van der Waals surface area contributed by atoms with Crippen LogP contribution >= 0.6 is 0 Å². The van der Waals surface area contributed by atoms with Crippen molar-refractivity contribution in [2.45, 2.75) is 76.9 Å². The van der Waals surface area contributed by atoms with Crippen LogP contribution in [0, 0.1) is 13.8 Å². The molecule has 1 saturated heterocycles. The van der Waals surface area contributed by atoms with E-state index in [9.17, 15) is 14.4 Å². The monoisotopic (exact) mass is 437 g/mol. The Morgan fingerprint density at radius 3 is 2.44 bits per heavy atom. The maximum Gasteiger partial charge on any atom is 0.250 e. The lowest BCUT2D eigenvalue weighted by molar-refractivity contribution is -0.151. The Morgan fingerprint density at radius 2 is 1.84 bits per heavy atom. The molecule has 1 aromatic carbocycles.